The summed E-state index contributed by atoms with van der Waals surface area (Å²) >= 11 is 0. The third-order valence-electron chi connectivity index (χ3n) is 3.85. The predicted octanol–water partition coefficient (Wildman–Crippen LogP) is 1.49. The van der Waals surface area contributed by atoms with E-state index in [1.807, 2.05) is 13.0 Å². The fourth-order valence-electron chi connectivity index (χ4n) is 2.78. The van der Waals surface area contributed by atoms with Crippen molar-refractivity contribution in [3.8, 4) is 0 Å². The number of nitrogens with one attached hydrogen (secondary N) is 1. The van der Waals surface area contributed by atoms with Crippen molar-refractivity contribution >= 4 is 0 Å². The molecule has 0 spiro atoms. The number of rotatable bonds is 5. The van der Waals surface area contributed by atoms with Crippen LogP contribution in [0.15, 0.2) is 10.6 Å². The Balaban J connectivity index is 1.52. The molecule has 108 valence electrons. The number of hydrogen-bond acceptors (Lipinski definition) is 5. The van der Waals surface area contributed by atoms with Gasteiger partial charge >= 0.3 is 0 Å². The Bertz CT molecular complexity index is 560. The number of fused-ring (bicyclic) bond motifs is 1. The molecule has 3 heterocycles. The van der Waals surface area contributed by atoms with E-state index in [0.717, 1.165) is 55.6 Å². The van der Waals surface area contributed by atoms with Crippen molar-refractivity contribution in [3.63, 3.8) is 0 Å². The molecule has 1 aliphatic rings. The molecule has 0 saturated carbocycles. The molecule has 2 aromatic heterocycles. The van der Waals surface area contributed by atoms with Crippen LogP contribution in [0.2, 0.25) is 0 Å². The maximum absolute atomic E-state index is 5.06. The van der Waals surface area contributed by atoms with Gasteiger partial charge in [0.2, 0.25) is 0 Å². The predicted molar refractivity (Wildman–Crippen MR) is 74.2 cm³/mol. The smallest absolute Gasteiger partial charge is 0.133 e. The van der Waals surface area contributed by atoms with Gasteiger partial charge in [0.25, 0.3) is 0 Å². The van der Waals surface area contributed by atoms with Crippen LogP contribution in [0, 0.1) is 12.8 Å². The fourth-order valence-corrected chi connectivity index (χ4v) is 2.78. The van der Waals surface area contributed by atoms with Crippen molar-refractivity contribution in [2.24, 2.45) is 5.92 Å². The monoisotopic (exact) mass is 275 g/mol. The summed E-state index contributed by atoms with van der Waals surface area (Å²) in [6, 6.07) is 1.97. The first kappa shape index (κ1) is 13.3. The topological polar surface area (TPSA) is 68.8 Å². The highest BCUT2D eigenvalue weighted by Crippen LogP contribution is 2.19. The van der Waals surface area contributed by atoms with Crippen LogP contribution in [-0.2, 0) is 25.9 Å². The second kappa shape index (κ2) is 5.75. The second-order valence-corrected chi connectivity index (χ2v) is 5.46. The second-order valence-electron chi connectivity index (χ2n) is 5.46. The minimum Gasteiger partial charge on any atom is -0.361 e. The van der Waals surface area contributed by atoms with Gasteiger partial charge < -0.3 is 14.4 Å². The summed E-state index contributed by atoms with van der Waals surface area (Å²) in [6.45, 7) is 6.83. The molecule has 2 aromatic rings. The molecule has 0 amide bonds. The molecule has 6 heteroatoms. The van der Waals surface area contributed by atoms with E-state index in [-0.39, 0.29) is 0 Å². The highest BCUT2D eigenvalue weighted by Gasteiger charge is 2.21. The summed E-state index contributed by atoms with van der Waals surface area (Å²) in [4.78, 5) is 0. The molecule has 0 fully saturated rings. The summed E-state index contributed by atoms with van der Waals surface area (Å²) < 4.78 is 7.35. The molecule has 6 nitrogen and oxygen atoms in total. The van der Waals surface area contributed by atoms with E-state index in [2.05, 4.69) is 32.2 Å². The Labute approximate surface area is 118 Å². The molecule has 1 atom stereocenters. The van der Waals surface area contributed by atoms with E-state index in [9.17, 15) is 0 Å². The summed E-state index contributed by atoms with van der Waals surface area (Å²) in [5.74, 6) is 3.75. The average molecular weight is 275 g/mol. The van der Waals surface area contributed by atoms with Crippen LogP contribution in [0.25, 0.3) is 0 Å². The molecule has 3 rings (SSSR count). The van der Waals surface area contributed by atoms with E-state index < -0.39 is 0 Å². The Morgan fingerprint density at radius 2 is 2.35 bits per heavy atom. The third kappa shape index (κ3) is 2.75. The molecular weight excluding hydrogens is 254 g/mol. The lowest BCUT2D eigenvalue weighted by atomic mass is 9.99. The van der Waals surface area contributed by atoms with Gasteiger partial charge in [0.15, 0.2) is 0 Å². The zero-order valence-electron chi connectivity index (χ0n) is 12.1. The van der Waals surface area contributed by atoms with Crippen molar-refractivity contribution in [2.75, 3.05) is 6.54 Å². The fraction of sp³-hybridized carbons (Fsp3) is 0.643. The van der Waals surface area contributed by atoms with Gasteiger partial charge in [-0.1, -0.05) is 12.1 Å². The van der Waals surface area contributed by atoms with Crippen molar-refractivity contribution in [3.05, 3.63) is 29.2 Å². The third-order valence-corrected chi connectivity index (χ3v) is 3.85. The van der Waals surface area contributed by atoms with E-state index >= 15 is 0 Å². The van der Waals surface area contributed by atoms with Gasteiger partial charge in [0, 0.05) is 38.5 Å². The summed E-state index contributed by atoms with van der Waals surface area (Å²) in [7, 11) is 0. The molecule has 1 aliphatic heterocycles. The lowest BCUT2D eigenvalue weighted by Gasteiger charge is -2.24. The Morgan fingerprint density at radius 3 is 3.10 bits per heavy atom. The minimum atomic E-state index is 0.636. The van der Waals surface area contributed by atoms with Crippen LogP contribution in [0.3, 0.4) is 0 Å². The zero-order chi connectivity index (χ0) is 13.9. The molecule has 1 N–H and O–H groups in total. The number of aromatic nitrogens is 4. The average Bonchev–Trinajstić information content (AvgIpc) is 3.04. The quantitative estimate of drug-likeness (QED) is 0.895. The largest absolute Gasteiger partial charge is 0.361 e. The van der Waals surface area contributed by atoms with Gasteiger partial charge in [-0.05, 0) is 19.3 Å². The molecule has 0 aromatic carbocycles. The maximum atomic E-state index is 5.06. The Hall–Kier alpha value is -1.69. The van der Waals surface area contributed by atoms with Crippen molar-refractivity contribution < 1.29 is 4.52 Å². The first-order chi connectivity index (χ1) is 9.76. The molecule has 0 bridgehead atoms. The van der Waals surface area contributed by atoms with Gasteiger partial charge in [0.05, 0.1) is 5.69 Å². The van der Waals surface area contributed by atoms with Gasteiger partial charge in [-0.15, -0.1) is 10.2 Å². The summed E-state index contributed by atoms with van der Waals surface area (Å²) in [5, 5.41) is 16.0. The van der Waals surface area contributed by atoms with Crippen LogP contribution in [0.1, 0.15) is 36.4 Å². The first-order valence-corrected chi connectivity index (χ1v) is 7.30. The lowest BCUT2D eigenvalue weighted by molar-refractivity contribution is 0.339. The molecule has 0 aliphatic carbocycles. The number of hydrogen-bond donors (Lipinski definition) is 1. The van der Waals surface area contributed by atoms with Crippen LogP contribution in [0.5, 0.6) is 0 Å². The van der Waals surface area contributed by atoms with Crippen molar-refractivity contribution in [1.82, 2.24) is 25.2 Å². The lowest BCUT2D eigenvalue weighted by Crippen LogP contribution is -2.30. The molecular formula is C14H21N5O. The Morgan fingerprint density at radius 1 is 1.45 bits per heavy atom. The van der Waals surface area contributed by atoms with Crippen LogP contribution in [0.4, 0.5) is 0 Å². The van der Waals surface area contributed by atoms with Gasteiger partial charge in [-0.25, -0.2) is 0 Å². The Kier molecular flexibility index (Phi) is 3.82. The van der Waals surface area contributed by atoms with E-state index in [0.29, 0.717) is 5.92 Å². The standard InChI is InChI=1S/C14H21N5O/c1-3-13-16-17-14-5-4-11(9-19(13)14)7-15-8-12-6-10(2)20-18-12/h6,11,15H,3-5,7-9H2,1-2H3/t11-/m1/s1. The number of nitrogens with zero attached hydrogens (tertiary/aromatic N) is 4. The normalized spacial score (nSPS) is 18.2. The van der Waals surface area contributed by atoms with E-state index in [1.165, 1.54) is 6.42 Å². The molecule has 20 heavy (non-hydrogen) atoms. The highest BCUT2D eigenvalue weighted by molar-refractivity contribution is 5.03. The summed E-state index contributed by atoms with van der Waals surface area (Å²) in [6.07, 6.45) is 3.15. The zero-order valence-corrected chi connectivity index (χ0v) is 12.1. The summed E-state index contributed by atoms with van der Waals surface area (Å²) in [5.41, 5.74) is 0.970. The van der Waals surface area contributed by atoms with Gasteiger partial charge in [0.1, 0.15) is 17.4 Å². The molecule has 0 radical (unpaired) electrons. The molecule has 0 unspecified atom stereocenters. The number of aryl methyl sites for hydroxylation is 3. The van der Waals surface area contributed by atoms with Crippen molar-refractivity contribution in [1.29, 1.82) is 0 Å². The highest BCUT2D eigenvalue weighted by atomic mass is 16.5. The van der Waals surface area contributed by atoms with Crippen molar-refractivity contribution in [2.45, 2.75) is 46.2 Å². The van der Waals surface area contributed by atoms with Crippen LogP contribution >= 0.6 is 0 Å². The van der Waals surface area contributed by atoms with Gasteiger partial charge in [-0.2, -0.15) is 0 Å². The van der Waals surface area contributed by atoms with Gasteiger partial charge in [-0.3, -0.25) is 0 Å². The maximum Gasteiger partial charge on any atom is 0.133 e. The molecule has 0 saturated heterocycles. The van der Waals surface area contributed by atoms with E-state index in [1.54, 1.807) is 0 Å². The first-order valence-electron chi connectivity index (χ1n) is 7.30. The van der Waals surface area contributed by atoms with Crippen LogP contribution in [-0.4, -0.2) is 26.5 Å². The van der Waals surface area contributed by atoms with E-state index in [4.69, 9.17) is 4.52 Å². The SMILES string of the molecule is CCc1nnc2n1C[C@@H](CNCc1cc(C)on1)CC2. The minimum absolute atomic E-state index is 0.636. The van der Waals surface area contributed by atoms with Crippen LogP contribution < -0.4 is 5.32 Å².